The molecule has 0 saturated carbocycles. The molecule has 3 nitrogen and oxygen atoms in total. The van der Waals surface area contributed by atoms with Crippen LogP contribution in [0.2, 0.25) is 0 Å². The van der Waals surface area contributed by atoms with Gasteiger partial charge in [0, 0.05) is 5.69 Å². The van der Waals surface area contributed by atoms with E-state index < -0.39 is 0 Å². The van der Waals surface area contributed by atoms with Crippen molar-refractivity contribution in [1.82, 2.24) is 15.5 Å². The molecule has 68 valence electrons. The van der Waals surface area contributed by atoms with Crippen LogP contribution in [0.1, 0.15) is 23.4 Å². The summed E-state index contributed by atoms with van der Waals surface area (Å²) >= 11 is 0. The normalized spacial score (nSPS) is 10.6. The van der Waals surface area contributed by atoms with Crippen LogP contribution in [0.5, 0.6) is 0 Å². The van der Waals surface area contributed by atoms with E-state index in [1.165, 1.54) is 17.7 Å². The van der Waals surface area contributed by atoms with Crippen molar-refractivity contribution in [1.29, 1.82) is 0 Å². The lowest BCUT2D eigenvalue weighted by Gasteiger charge is -2.00. The molecular formula is C9H17N3. The van der Waals surface area contributed by atoms with Crippen LogP contribution in [-0.2, 0) is 6.42 Å². The van der Waals surface area contributed by atoms with Crippen molar-refractivity contribution < 1.29 is 0 Å². The third-order valence-corrected chi connectivity index (χ3v) is 2.13. The van der Waals surface area contributed by atoms with Gasteiger partial charge < -0.3 is 5.32 Å². The first-order chi connectivity index (χ1) is 5.75. The molecule has 0 unspecified atom stereocenters. The maximum Gasteiger partial charge on any atom is 0.0625 e. The first kappa shape index (κ1) is 9.26. The second-order valence-electron chi connectivity index (χ2n) is 3.12. The van der Waals surface area contributed by atoms with Crippen LogP contribution in [0.4, 0.5) is 0 Å². The highest BCUT2D eigenvalue weighted by Gasteiger charge is 2.04. The van der Waals surface area contributed by atoms with Gasteiger partial charge >= 0.3 is 0 Å². The molecule has 0 amide bonds. The van der Waals surface area contributed by atoms with Gasteiger partial charge in [-0.1, -0.05) is 0 Å². The largest absolute Gasteiger partial charge is 0.320 e. The van der Waals surface area contributed by atoms with Crippen molar-refractivity contribution in [2.45, 2.75) is 26.7 Å². The van der Waals surface area contributed by atoms with E-state index in [9.17, 15) is 0 Å². The van der Waals surface area contributed by atoms with Gasteiger partial charge in [-0.15, -0.1) is 0 Å². The smallest absolute Gasteiger partial charge is 0.0625 e. The van der Waals surface area contributed by atoms with E-state index in [4.69, 9.17) is 0 Å². The van der Waals surface area contributed by atoms with Gasteiger partial charge in [0.2, 0.25) is 0 Å². The summed E-state index contributed by atoms with van der Waals surface area (Å²) in [5.41, 5.74) is 3.73. The summed E-state index contributed by atoms with van der Waals surface area (Å²) in [6.45, 7) is 5.21. The number of rotatable bonds is 4. The van der Waals surface area contributed by atoms with Gasteiger partial charge in [0.1, 0.15) is 0 Å². The Bertz CT molecular complexity index is 220. The minimum atomic E-state index is 1.07. The molecule has 0 bridgehead atoms. The number of H-pyrrole nitrogens is 1. The Hall–Kier alpha value is -0.830. The average Bonchev–Trinajstić information content (AvgIpc) is 2.35. The highest BCUT2D eigenvalue weighted by molar-refractivity contribution is 5.22. The Morgan fingerprint density at radius 1 is 1.42 bits per heavy atom. The fraction of sp³-hybridized carbons (Fsp3) is 0.667. The van der Waals surface area contributed by atoms with E-state index in [0.717, 1.165) is 18.7 Å². The lowest BCUT2D eigenvalue weighted by Crippen LogP contribution is -2.08. The Kier molecular flexibility index (Phi) is 3.29. The second-order valence-corrected chi connectivity index (χ2v) is 3.12. The van der Waals surface area contributed by atoms with Crippen molar-refractivity contribution in [2.75, 3.05) is 13.6 Å². The number of nitrogens with zero attached hydrogens (tertiary/aromatic N) is 1. The molecule has 1 rings (SSSR count). The van der Waals surface area contributed by atoms with Crippen LogP contribution in [-0.4, -0.2) is 23.8 Å². The molecule has 1 heterocycles. The number of aryl methyl sites for hydroxylation is 2. The minimum absolute atomic E-state index is 1.07. The average molecular weight is 167 g/mol. The van der Waals surface area contributed by atoms with Gasteiger partial charge in [0.05, 0.1) is 5.69 Å². The van der Waals surface area contributed by atoms with Crippen molar-refractivity contribution >= 4 is 0 Å². The van der Waals surface area contributed by atoms with E-state index in [-0.39, 0.29) is 0 Å². The SMILES string of the molecule is CNCCCc1c(C)n[nH]c1C. The molecule has 0 atom stereocenters. The molecule has 2 N–H and O–H groups in total. The molecule has 0 fully saturated rings. The van der Waals surface area contributed by atoms with Gasteiger partial charge in [-0.3, -0.25) is 5.10 Å². The van der Waals surface area contributed by atoms with E-state index in [0.29, 0.717) is 0 Å². The summed E-state index contributed by atoms with van der Waals surface area (Å²) < 4.78 is 0. The first-order valence-corrected chi connectivity index (χ1v) is 4.40. The molecule has 0 aliphatic heterocycles. The van der Waals surface area contributed by atoms with Crippen molar-refractivity contribution in [3.05, 3.63) is 17.0 Å². The van der Waals surface area contributed by atoms with Crippen molar-refractivity contribution in [2.24, 2.45) is 0 Å². The predicted molar refractivity (Wildman–Crippen MR) is 50.3 cm³/mol. The Morgan fingerprint density at radius 3 is 2.67 bits per heavy atom. The molecular weight excluding hydrogens is 150 g/mol. The molecule has 0 aliphatic carbocycles. The summed E-state index contributed by atoms with van der Waals surface area (Å²) in [7, 11) is 1.98. The first-order valence-electron chi connectivity index (χ1n) is 4.40. The van der Waals surface area contributed by atoms with Crippen LogP contribution in [0.3, 0.4) is 0 Å². The van der Waals surface area contributed by atoms with Gasteiger partial charge in [0.25, 0.3) is 0 Å². The summed E-state index contributed by atoms with van der Waals surface area (Å²) in [6, 6.07) is 0. The molecule has 0 spiro atoms. The Balaban J connectivity index is 2.50. The number of nitrogens with one attached hydrogen (secondary N) is 2. The van der Waals surface area contributed by atoms with Gasteiger partial charge in [0.15, 0.2) is 0 Å². The molecule has 1 aromatic rings. The second kappa shape index (κ2) is 4.26. The van der Waals surface area contributed by atoms with Crippen LogP contribution in [0.15, 0.2) is 0 Å². The maximum atomic E-state index is 4.15. The number of aromatic amines is 1. The maximum absolute atomic E-state index is 4.15. The number of hydrogen-bond donors (Lipinski definition) is 2. The van der Waals surface area contributed by atoms with E-state index in [2.05, 4.69) is 29.4 Å². The third kappa shape index (κ3) is 2.08. The lowest BCUT2D eigenvalue weighted by atomic mass is 10.1. The molecule has 0 saturated heterocycles. The monoisotopic (exact) mass is 167 g/mol. The van der Waals surface area contributed by atoms with Crippen LogP contribution in [0.25, 0.3) is 0 Å². The highest BCUT2D eigenvalue weighted by Crippen LogP contribution is 2.10. The summed E-state index contributed by atoms with van der Waals surface area (Å²) in [6.07, 6.45) is 2.30. The van der Waals surface area contributed by atoms with E-state index in [1.54, 1.807) is 0 Å². The van der Waals surface area contributed by atoms with Crippen LogP contribution >= 0.6 is 0 Å². The molecule has 12 heavy (non-hydrogen) atoms. The van der Waals surface area contributed by atoms with Crippen molar-refractivity contribution in [3.8, 4) is 0 Å². The predicted octanol–water partition coefficient (Wildman–Crippen LogP) is 1.18. The minimum Gasteiger partial charge on any atom is -0.320 e. The lowest BCUT2D eigenvalue weighted by molar-refractivity contribution is 0.721. The van der Waals surface area contributed by atoms with E-state index >= 15 is 0 Å². The topological polar surface area (TPSA) is 40.7 Å². The highest BCUT2D eigenvalue weighted by atomic mass is 15.1. The molecule has 0 aromatic carbocycles. The van der Waals surface area contributed by atoms with Gasteiger partial charge in [-0.2, -0.15) is 5.10 Å². The Labute approximate surface area is 73.6 Å². The van der Waals surface area contributed by atoms with Gasteiger partial charge in [-0.05, 0) is 45.8 Å². The third-order valence-electron chi connectivity index (χ3n) is 2.13. The summed E-state index contributed by atoms with van der Waals surface area (Å²) in [5, 5.41) is 10.3. The van der Waals surface area contributed by atoms with Gasteiger partial charge in [-0.25, -0.2) is 0 Å². The fourth-order valence-corrected chi connectivity index (χ4v) is 1.38. The Morgan fingerprint density at radius 2 is 2.17 bits per heavy atom. The molecule has 1 aromatic heterocycles. The zero-order chi connectivity index (χ0) is 8.97. The molecule has 3 heteroatoms. The molecule has 0 radical (unpaired) electrons. The summed E-state index contributed by atoms with van der Waals surface area (Å²) in [5.74, 6) is 0. The van der Waals surface area contributed by atoms with Crippen LogP contribution in [0, 0.1) is 13.8 Å². The number of aromatic nitrogens is 2. The van der Waals surface area contributed by atoms with Crippen LogP contribution < -0.4 is 5.32 Å². The van der Waals surface area contributed by atoms with E-state index in [1.807, 2.05) is 7.05 Å². The number of hydrogen-bond acceptors (Lipinski definition) is 2. The molecule has 0 aliphatic rings. The zero-order valence-electron chi connectivity index (χ0n) is 8.07. The summed E-state index contributed by atoms with van der Waals surface area (Å²) in [4.78, 5) is 0. The zero-order valence-corrected chi connectivity index (χ0v) is 8.07. The fourth-order valence-electron chi connectivity index (χ4n) is 1.38. The quantitative estimate of drug-likeness (QED) is 0.661. The van der Waals surface area contributed by atoms with Crippen molar-refractivity contribution in [3.63, 3.8) is 0 Å². The standard InChI is InChI=1S/C9H17N3/c1-7-9(5-4-6-10-3)8(2)12-11-7/h10H,4-6H2,1-3H3,(H,11,12).